The number of oxime groups is 1. The number of benzene rings is 1. The molecule has 1 aromatic rings. The largest absolute Gasteiger partial charge is 0.507 e. The van der Waals surface area contributed by atoms with Crippen LogP contribution in [0.2, 0.25) is 0 Å². The third-order valence-electron chi connectivity index (χ3n) is 7.53. The van der Waals surface area contributed by atoms with Crippen molar-refractivity contribution in [3.63, 3.8) is 0 Å². The lowest BCUT2D eigenvalue weighted by atomic mass is 9.91. The van der Waals surface area contributed by atoms with E-state index >= 15 is 0 Å². The maximum Gasteiger partial charge on any atom is 0.124 e. The van der Waals surface area contributed by atoms with E-state index in [4.69, 9.17) is 0 Å². The van der Waals surface area contributed by atoms with Gasteiger partial charge in [0.25, 0.3) is 0 Å². The van der Waals surface area contributed by atoms with Crippen LogP contribution in [0.1, 0.15) is 173 Å². The molecule has 0 heterocycles. The van der Waals surface area contributed by atoms with Crippen LogP contribution in [0, 0.1) is 0 Å². The van der Waals surface area contributed by atoms with Crippen LogP contribution >= 0.6 is 0 Å². The monoisotopic (exact) mass is 487 g/mol. The number of hydrogen-bond acceptors (Lipinski definition) is 3. The van der Waals surface area contributed by atoms with Gasteiger partial charge in [-0.25, -0.2) is 0 Å². The molecule has 1 unspecified atom stereocenters. The van der Waals surface area contributed by atoms with E-state index in [0.29, 0.717) is 17.2 Å². The number of aromatic hydroxyl groups is 1. The molecule has 0 bridgehead atoms. The summed E-state index contributed by atoms with van der Waals surface area (Å²) in [6, 6.07) is 5.83. The standard InChI is InChI=1S/C32H57NO2/c1-4-6-8-10-11-12-13-14-15-16-17-18-19-20-22-24-31(33-35)30-27-29(25-26-32(30)34)28(3)23-21-9-7-5-2/h25-28,34-35H,4-24H2,1-3H3. The molecule has 0 aromatic heterocycles. The molecule has 0 spiro atoms. The number of phenols is 1. The Morgan fingerprint density at radius 3 is 1.63 bits per heavy atom. The van der Waals surface area contributed by atoms with Crippen LogP contribution in [0.15, 0.2) is 23.4 Å². The smallest absolute Gasteiger partial charge is 0.124 e. The molecule has 0 radical (unpaired) electrons. The van der Waals surface area contributed by atoms with Crippen molar-refractivity contribution in [2.75, 3.05) is 0 Å². The van der Waals surface area contributed by atoms with Crippen LogP contribution in [0.3, 0.4) is 0 Å². The summed E-state index contributed by atoms with van der Waals surface area (Å²) in [5.41, 5.74) is 2.56. The average molecular weight is 488 g/mol. The van der Waals surface area contributed by atoms with Crippen LogP contribution in [-0.2, 0) is 0 Å². The molecule has 0 aliphatic carbocycles. The van der Waals surface area contributed by atoms with E-state index < -0.39 is 0 Å². The molecule has 35 heavy (non-hydrogen) atoms. The average Bonchev–Trinajstić information content (AvgIpc) is 2.87. The maximum absolute atomic E-state index is 10.4. The van der Waals surface area contributed by atoms with Gasteiger partial charge in [-0.15, -0.1) is 0 Å². The Morgan fingerprint density at radius 1 is 0.686 bits per heavy atom. The number of nitrogens with zero attached hydrogens (tertiary/aromatic N) is 1. The van der Waals surface area contributed by atoms with Gasteiger partial charge in [0.05, 0.1) is 5.71 Å². The summed E-state index contributed by atoms with van der Waals surface area (Å²) in [6.07, 6.45) is 27.1. The summed E-state index contributed by atoms with van der Waals surface area (Å²) in [5.74, 6) is 0.678. The highest BCUT2D eigenvalue weighted by atomic mass is 16.4. The first-order chi connectivity index (χ1) is 17.1. The van der Waals surface area contributed by atoms with Crippen molar-refractivity contribution in [3.8, 4) is 5.75 Å². The van der Waals surface area contributed by atoms with Crippen LogP contribution < -0.4 is 0 Å². The molecule has 1 aromatic carbocycles. The number of rotatable bonds is 23. The fourth-order valence-corrected chi connectivity index (χ4v) is 5.04. The van der Waals surface area contributed by atoms with Gasteiger partial charge in [-0.05, 0) is 42.9 Å². The predicted molar refractivity (Wildman–Crippen MR) is 153 cm³/mol. The summed E-state index contributed by atoms with van der Waals surface area (Å²) in [6.45, 7) is 6.78. The van der Waals surface area contributed by atoms with Crippen LogP contribution in [-0.4, -0.2) is 16.0 Å². The molecule has 1 atom stereocenters. The summed E-state index contributed by atoms with van der Waals surface area (Å²) < 4.78 is 0. The highest BCUT2D eigenvalue weighted by molar-refractivity contribution is 6.02. The van der Waals surface area contributed by atoms with Gasteiger partial charge in [-0.2, -0.15) is 0 Å². The molecule has 3 heteroatoms. The maximum atomic E-state index is 10.4. The molecular formula is C32H57NO2. The van der Waals surface area contributed by atoms with Crippen molar-refractivity contribution in [1.29, 1.82) is 0 Å². The molecule has 0 aliphatic rings. The lowest BCUT2D eigenvalue weighted by molar-refractivity contribution is 0.317. The van der Waals surface area contributed by atoms with Crippen molar-refractivity contribution in [1.82, 2.24) is 0 Å². The summed E-state index contributed by atoms with van der Waals surface area (Å²) in [7, 11) is 0. The van der Waals surface area contributed by atoms with Crippen molar-refractivity contribution in [3.05, 3.63) is 29.3 Å². The van der Waals surface area contributed by atoms with Gasteiger partial charge < -0.3 is 10.3 Å². The zero-order valence-corrected chi connectivity index (χ0v) is 23.5. The van der Waals surface area contributed by atoms with E-state index in [2.05, 4.69) is 25.9 Å². The molecule has 0 fully saturated rings. The summed E-state index contributed by atoms with van der Waals surface area (Å²) >= 11 is 0. The molecule has 1 rings (SSSR count). The topological polar surface area (TPSA) is 52.8 Å². The third-order valence-corrected chi connectivity index (χ3v) is 7.53. The normalized spacial score (nSPS) is 12.8. The quantitative estimate of drug-likeness (QED) is 0.0697. The Bertz CT molecular complexity index is 655. The van der Waals surface area contributed by atoms with E-state index in [1.54, 1.807) is 6.07 Å². The van der Waals surface area contributed by atoms with Crippen LogP contribution in [0.4, 0.5) is 0 Å². The van der Waals surface area contributed by atoms with Gasteiger partial charge in [-0.3, -0.25) is 0 Å². The first-order valence-corrected chi connectivity index (χ1v) is 15.2. The minimum atomic E-state index is 0.223. The first kappa shape index (κ1) is 31.5. The Kier molecular flexibility index (Phi) is 19.6. The highest BCUT2D eigenvalue weighted by Gasteiger charge is 2.14. The minimum absolute atomic E-state index is 0.223. The number of phenolic OH excluding ortho intramolecular Hbond substituents is 1. The molecule has 3 nitrogen and oxygen atoms in total. The van der Waals surface area contributed by atoms with Crippen molar-refractivity contribution < 1.29 is 10.3 Å². The molecule has 2 N–H and O–H groups in total. The first-order valence-electron chi connectivity index (χ1n) is 15.2. The molecule has 202 valence electrons. The fraction of sp³-hybridized carbons (Fsp3) is 0.781. The van der Waals surface area contributed by atoms with Gasteiger partial charge >= 0.3 is 0 Å². The second kappa shape index (κ2) is 21.7. The summed E-state index contributed by atoms with van der Waals surface area (Å²) in [5, 5.41) is 23.6. The van der Waals surface area contributed by atoms with Crippen molar-refractivity contribution in [2.24, 2.45) is 5.16 Å². The van der Waals surface area contributed by atoms with Gasteiger partial charge in [0, 0.05) is 5.56 Å². The fourth-order valence-electron chi connectivity index (χ4n) is 5.04. The van der Waals surface area contributed by atoms with E-state index in [9.17, 15) is 10.3 Å². The second-order valence-corrected chi connectivity index (χ2v) is 10.8. The Labute approximate surface area is 217 Å². The molecular weight excluding hydrogens is 430 g/mol. The summed E-state index contributed by atoms with van der Waals surface area (Å²) in [4.78, 5) is 0. The molecule has 0 saturated carbocycles. The van der Waals surface area contributed by atoms with Gasteiger partial charge in [0.1, 0.15) is 5.75 Å². The zero-order valence-electron chi connectivity index (χ0n) is 23.5. The highest BCUT2D eigenvalue weighted by Crippen LogP contribution is 2.28. The molecule has 0 amide bonds. The van der Waals surface area contributed by atoms with E-state index in [-0.39, 0.29) is 5.75 Å². The van der Waals surface area contributed by atoms with Crippen LogP contribution in [0.25, 0.3) is 0 Å². The minimum Gasteiger partial charge on any atom is -0.507 e. The van der Waals surface area contributed by atoms with Crippen molar-refractivity contribution >= 4 is 5.71 Å². The van der Waals surface area contributed by atoms with Gasteiger partial charge in [-0.1, -0.05) is 148 Å². The SMILES string of the molecule is CCCCCCCCCCCCCCCCCC(=NO)c1cc(C(C)CCCCCC)ccc1O. The number of hydrogen-bond donors (Lipinski definition) is 2. The third kappa shape index (κ3) is 15.3. The van der Waals surface area contributed by atoms with Gasteiger partial charge in [0.2, 0.25) is 0 Å². The van der Waals surface area contributed by atoms with Gasteiger partial charge in [0.15, 0.2) is 0 Å². The lowest BCUT2D eigenvalue weighted by Gasteiger charge is -2.15. The van der Waals surface area contributed by atoms with Crippen molar-refractivity contribution in [2.45, 2.75) is 162 Å². The second-order valence-electron chi connectivity index (χ2n) is 10.8. The Hall–Kier alpha value is -1.51. The Morgan fingerprint density at radius 2 is 1.14 bits per heavy atom. The molecule has 0 saturated heterocycles. The van der Waals surface area contributed by atoms with E-state index in [1.807, 2.05) is 12.1 Å². The lowest BCUT2D eigenvalue weighted by Crippen LogP contribution is -2.04. The van der Waals surface area contributed by atoms with Crippen LogP contribution in [0.5, 0.6) is 5.75 Å². The number of unbranched alkanes of at least 4 members (excludes halogenated alkanes) is 17. The van der Waals surface area contributed by atoms with E-state index in [0.717, 1.165) is 25.7 Å². The van der Waals surface area contributed by atoms with E-state index in [1.165, 1.54) is 115 Å². The Balaban J connectivity index is 2.19. The zero-order chi connectivity index (χ0) is 25.6. The predicted octanol–water partition coefficient (Wildman–Crippen LogP) is 10.9. The molecule has 0 aliphatic heterocycles.